The van der Waals surface area contributed by atoms with Crippen molar-refractivity contribution in [2.75, 3.05) is 6.61 Å². The van der Waals surface area contributed by atoms with E-state index in [1.807, 2.05) is 12.2 Å². The maximum Gasteiger partial charge on any atom is 0.323 e. The highest BCUT2D eigenvalue weighted by Crippen LogP contribution is 2.65. The second-order valence-electron chi connectivity index (χ2n) is 10.4. The quantitative estimate of drug-likeness (QED) is 0.545. The zero-order valence-electron chi connectivity index (χ0n) is 18.6. The van der Waals surface area contributed by atoms with Crippen LogP contribution in [-0.2, 0) is 14.3 Å². The van der Waals surface area contributed by atoms with E-state index in [4.69, 9.17) is 10.5 Å². The molecule has 0 aromatic carbocycles. The number of ketones is 1. The normalized spacial score (nSPS) is 42.9. The largest absolute Gasteiger partial charge is 0.457 e. The minimum atomic E-state index is -0.713. The molecular formula is C25H35NO4. The van der Waals surface area contributed by atoms with Gasteiger partial charge in [0.05, 0.1) is 6.10 Å². The Balaban J connectivity index is 1.59. The molecule has 0 heterocycles. The summed E-state index contributed by atoms with van der Waals surface area (Å²) in [7, 11) is 0. The van der Waals surface area contributed by atoms with Crippen LogP contribution in [0.15, 0.2) is 35.5 Å². The number of rotatable bonds is 4. The van der Waals surface area contributed by atoms with Crippen molar-refractivity contribution in [1.82, 2.24) is 0 Å². The highest BCUT2D eigenvalue weighted by atomic mass is 16.5. The van der Waals surface area contributed by atoms with E-state index in [9.17, 15) is 14.7 Å². The first kappa shape index (κ1) is 21.5. The summed E-state index contributed by atoms with van der Waals surface area (Å²) in [6.07, 6.45) is 11.9. The maximum absolute atomic E-state index is 13.1. The summed E-state index contributed by atoms with van der Waals surface area (Å²) in [5.41, 5.74) is 8.13. The Labute approximate surface area is 179 Å². The number of esters is 1. The van der Waals surface area contributed by atoms with Crippen LogP contribution < -0.4 is 5.73 Å². The SMILES string of the molecule is C[C@H](N)C(=O)OCC(=O)[C@H]1[C@@H](C)CC2C3CCC4=CC(O)C=C[C@]4(C)C3=CC[C@@]21C. The Morgan fingerprint density at radius 1 is 1.37 bits per heavy atom. The van der Waals surface area contributed by atoms with Crippen molar-refractivity contribution < 1.29 is 19.4 Å². The molecule has 4 aliphatic rings. The molecule has 4 rings (SSSR count). The van der Waals surface area contributed by atoms with Crippen LogP contribution in [-0.4, -0.2) is 35.6 Å². The van der Waals surface area contributed by atoms with Crippen molar-refractivity contribution in [3.63, 3.8) is 0 Å². The van der Waals surface area contributed by atoms with Crippen molar-refractivity contribution in [2.45, 2.75) is 65.5 Å². The summed E-state index contributed by atoms with van der Waals surface area (Å²) in [5, 5.41) is 10.0. The fourth-order valence-corrected chi connectivity index (χ4v) is 7.06. The van der Waals surface area contributed by atoms with Crippen LogP contribution in [0.2, 0.25) is 0 Å². The van der Waals surface area contributed by atoms with E-state index < -0.39 is 18.1 Å². The minimum Gasteiger partial charge on any atom is -0.457 e. The summed E-state index contributed by atoms with van der Waals surface area (Å²) >= 11 is 0. The van der Waals surface area contributed by atoms with Crippen LogP contribution in [0.4, 0.5) is 0 Å². The maximum atomic E-state index is 13.1. The molecule has 0 aliphatic heterocycles. The molecule has 0 amide bonds. The van der Waals surface area contributed by atoms with Crippen LogP contribution >= 0.6 is 0 Å². The predicted molar refractivity (Wildman–Crippen MR) is 115 cm³/mol. The third-order valence-electron chi connectivity index (χ3n) is 8.46. The van der Waals surface area contributed by atoms with E-state index in [1.54, 1.807) is 6.92 Å². The van der Waals surface area contributed by atoms with Crippen LogP contribution in [0.25, 0.3) is 0 Å². The average Bonchev–Trinajstić information content (AvgIpc) is 2.96. The molecule has 0 spiro atoms. The molecule has 0 aromatic heterocycles. The van der Waals surface area contributed by atoms with Gasteiger partial charge in [0.1, 0.15) is 12.6 Å². The number of ether oxygens (including phenoxy) is 1. The number of Topliss-reactive ketones (excluding diaryl/α,β-unsaturated/α-hetero) is 1. The number of carbonyl (C=O) groups excluding carboxylic acids is 2. The zero-order chi connectivity index (χ0) is 21.8. The van der Waals surface area contributed by atoms with Crippen molar-refractivity contribution in [1.29, 1.82) is 0 Å². The van der Waals surface area contributed by atoms with Gasteiger partial charge in [-0.3, -0.25) is 9.59 Å². The van der Waals surface area contributed by atoms with E-state index in [0.29, 0.717) is 11.8 Å². The van der Waals surface area contributed by atoms with Gasteiger partial charge in [-0.15, -0.1) is 0 Å². The summed E-state index contributed by atoms with van der Waals surface area (Å²) in [6, 6.07) is -0.713. The third kappa shape index (κ3) is 3.21. The Morgan fingerprint density at radius 2 is 2.10 bits per heavy atom. The van der Waals surface area contributed by atoms with Gasteiger partial charge in [-0.05, 0) is 62.7 Å². The Bertz CT molecular complexity index is 840. The molecule has 5 heteroatoms. The monoisotopic (exact) mass is 413 g/mol. The summed E-state index contributed by atoms with van der Waals surface area (Å²) in [4.78, 5) is 24.9. The molecule has 3 N–H and O–H groups in total. The number of carbonyl (C=O) groups is 2. The molecule has 30 heavy (non-hydrogen) atoms. The number of fused-ring (bicyclic) bond motifs is 5. The predicted octanol–water partition coefficient (Wildman–Crippen LogP) is 3.33. The molecule has 0 radical (unpaired) electrons. The van der Waals surface area contributed by atoms with Crippen molar-refractivity contribution in [3.05, 3.63) is 35.5 Å². The van der Waals surface area contributed by atoms with Gasteiger partial charge < -0.3 is 15.6 Å². The molecule has 3 unspecified atom stereocenters. The van der Waals surface area contributed by atoms with Crippen LogP contribution in [0.5, 0.6) is 0 Å². The van der Waals surface area contributed by atoms with Crippen molar-refractivity contribution in [3.8, 4) is 0 Å². The van der Waals surface area contributed by atoms with Gasteiger partial charge in [-0.1, -0.05) is 49.3 Å². The number of aliphatic hydroxyl groups is 1. The Hall–Kier alpha value is -1.72. The average molecular weight is 414 g/mol. The molecular weight excluding hydrogens is 378 g/mol. The summed E-state index contributed by atoms with van der Waals surface area (Å²) < 4.78 is 5.18. The highest BCUT2D eigenvalue weighted by Gasteiger charge is 2.59. The van der Waals surface area contributed by atoms with Crippen LogP contribution in [0.3, 0.4) is 0 Å². The number of hydrogen-bond donors (Lipinski definition) is 2. The van der Waals surface area contributed by atoms with E-state index in [0.717, 1.165) is 25.7 Å². The first-order valence-corrected chi connectivity index (χ1v) is 11.3. The molecule has 5 nitrogen and oxygen atoms in total. The van der Waals surface area contributed by atoms with E-state index in [1.165, 1.54) is 11.1 Å². The van der Waals surface area contributed by atoms with Gasteiger partial charge in [-0.25, -0.2) is 0 Å². The second kappa shape index (κ2) is 7.45. The van der Waals surface area contributed by atoms with Gasteiger partial charge >= 0.3 is 5.97 Å². The molecule has 2 fully saturated rings. The standard InChI is InChI=1S/C25H35NO4/c1-14-11-20-18-6-5-16-12-17(27)7-9-24(16,3)19(18)8-10-25(20,4)22(14)21(28)13-30-23(29)15(2)26/h7-9,12,14-15,17-18,20,22,27H,5-6,10-11,13,26H2,1-4H3/t14-,15-,17?,18?,20?,22+,24-,25-/m0/s1. The van der Waals surface area contributed by atoms with Gasteiger partial charge in [-0.2, -0.15) is 0 Å². The smallest absolute Gasteiger partial charge is 0.323 e. The van der Waals surface area contributed by atoms with Gasteiger partial charge in [0.25, 0.3) is 0 Å². The number of nitrogens with two attached hydrogens (primary N) is 1. The summed E-state index contributed by atoms with van der Waals surface area (Å²) in [6.45, 7) is 8.10. The zero-order valence-corrected chi connectivity index (χ0v) is 18.6. The molecule has 164 valence electrons. The molecule has 0 saturated heterocycles. The van der Waals surface area contributed by atoms with Gasteiger partial charge in [0.15, 0.2) is 5.78 Å². The molecule has 0 aromatic rings. The first-order chi connectivity index (χ1) is 14.1. The lowest BCUT2D eigenvalue weighted by molar-refractivity contribution is -0.151. The number of allylic oxidation sites excluding steroid dienone is 4. The van der Waals surface area contributed by atoms with Gasteiger partial charge in [0.2, 0.25) is 0 Å². The first-order valence-electron chi connectivity index (χ1n) is 11.3. The molecule has 4 aliphatic carbocycles. The Morgan fingerprint density at radius 3 is 2.80 bits per heavy atom. The minimum absolute atomic E-state index is 0.0293. The van der Waals surface area contributed by atoms with E-state index in [2.05, 4.69) is 32.9 Å². The molecule has 8 atom stereocenters. The Kier molecular flexibility index (Phi) is 5.34. The highest BCUT2D eigenvalue weighted by molar-refractivity contribution is 5.86. The lowest BCUT2D eigenvalue weighted by Crippen LogP contribution is -2.45. The number of aliphatic hydroxyl groups excluding tert-OH is 1. The van der Waals surface area contributed by atoms with Crippen molar-refractivity contribution in [2.24, 2.45) is 40.2 Å². The van der Waals surface area contributed by atoms with Crippen molar-refractivity contribution >= 4 is 11.8 Å². The number of hydrogen-bond acceptors (Lipinski definition) is 5. The topological polar surface area (TPSA) is 89.6 Å². The lowest BCUT2D eigenvalue weighted by atomic mass is 9.52. The van der Waals surface area contributed by atoms with E-state index >= 15 is 0 Å². The van der Waals surface area contributed by atoms with Crippen LogP contribution in [0, 0.1) is 34.5 Å². The van der Waals surface area contributed by atoms with Gasteiger partial charge in [0, 0.05) is 11.3 Å². The second-order valence-corrected chi connectivity index (χ2v) is 10.4. The third-order valence-corrected chi connectivity index (χ3v) is 8.46. The fourth-order valence-electron chi connectivity index (χ4n) is 7.06. The van der Waals surface area contributed by atoms with Crippen LogP contribution in [0.1, 0.15) is 53.4 Å². The molecule has 2 saturated carbocycles. The molecule has 0 bridgehead atoms. The fraction of sp³-hybridized carbons (Fsp3) is 0.680. The lowest BCUT2D eigenvalue weighted by Gasteiger charge is -2.52. The van der Waals surface area contributed by atoms with E-state index in [-0.39, 0.29) is 35.1 Å². The summed E-state index contributed by atoms with van der Waals surface area (Å²) in [5.74, 6) is 0.577.